The van der Waals surface area contributed by atoms with Crippen LogP contribution < -0.4 is 0 Å². The van der Waals surface area contributed by atoms with Crippen LogP contribution in [0.1, 0.15) is 53.4 Å². The van der Waals surface area contributed by atoms with E-state index < -0.39 is 0 Å². The maximum absolute atomic E-state index is 2.58. The second kappa shape index (κ2) is 2.52. The molecular formula is C15H24. The van der Waals surface area contributed by atoms with E-state index in [-0.39, 0.29) is 0 Å². The molecule has 0 radical (unpaired) electrons. The molecular weight excluding hydrogens is 180 g/mol. The quantitative estimate of drug-likeness (QED) is 0.513. The molecule has 0 aliphatic heterocycles. The summed E-state index contributed by atoms with van der Waals surface area (Å²) >= 11 is 0. The highest BCUT2D eigenvalue weighted by atomic mass is 14.7. The average molecular weight is 204 g/mol. The number of hydrogen-bond donors (Lipinski definition) is 0. The highest BCUT2D eigenvalue weighted by Crippen LogP contribution is 2.76. The molecule has 0 saturated heterocycles. The van der Waals surface area contributed by atoms with E-state index in [4.69, 9.17) is 0 Å². The molecule has 2 bridgehead atoms. The maximum atomic E-state index is 2.58. The Morgan fingerprint density at radius 1 is 1.20 bits per heavy atom. The van der Waals surface area contributed by atoms with Crippen molar-refractivity contribution in [2.75, 3.05) is 0 Å². The largest absolute Gasteiger partial charge is 0.0877 e. The van der Waals surface area contributed by atoms with Crippen molar-refractivity contribution in [1.29, 1.82) is 0 Å². The molecule has 3 rings (SSSR count). The van der Waals surface area contributed by atoms with Crippen LogP contribution in [0.5, 0.6) is 0 Å². The van der Waals surface area contributed by atoms with Crippen LogP contribution in [0.3, 0.4) is 0 Å². The molecule has 0 aromatic heterocycles. The summed E-state index contributed by atoms with van der Waals surface area (Å²) in [5.41, 5.74) is 1.75. The Hall–Kier alpha value is -0.260. The molecule has 0 aromatic rings. The highest BCUT2D eigenvalue weighted by Gasteiger charge is 2.68. The van der Waals surface area contributed by atoms with E-state index in [0.29, 0.717) is 16.2 Å². The number of allylic oxidation sites excluding steroid dienone is 2. The van der Waals surface area contributed by atoms with Crippen molar-refractivity contribution in [3.05, 3.63) is 12.2 Å². The van der Waals surface area contributed by atoms with Crippen molar-refractivity contribution in [2.45, 2.75) is 53.4 Å². The molecule has 2 fully saturated rings. The maximum Gasteiger partial charge on any atom is -0.00539 e. The van der Waals surface area contributed by atoms with E-state index in [1.54, 1.807) is 0 Å². The van der Waals surface area contributed by atoms with E-state index in [0.717, 1.165) is 11.8 Å². The molecule has 0 spiro atoms. The summed E-state index contributed by atoms with van der Waals surface area (Å²) in [6.45, 7) is 10.0. The Morgan fingerprint density at radius 2 is 1.93 bits per heavy atom. The zero-order chi connectivity index (χ0) is 10.9. The third kappa shape index (κ3) is 0.905. The Balaban J connectivity index is 2.16. The Bertz CT molecular complexity index is 325. The molecule has 3 aliphatic carbocycles. The van der Waals surface area contributed by atoms with Crippen LogP contribution >= 0.6 is 0 Å². The molecule has 15 heavy (non-hydrogen) atoms. The molecule has 0 heteroatoms. The third-order valence-corrected chi connectivity index (χ3v) is 6.29. The predicted octanol–water partition coefficient (Wildman–Crippen LogP) is 4.42. The van der Waals surface area contributed by atoms with Gasteiger partial charge in [0, 0.05) is 0 Å². The van der Waals surface area contributed by atoms with Gasteiger partial charge in [0.25, 0.3) is 0 Å². The zero-order valence-electron chi connectivity index (χ0n) is 10.6. The highest BCUT2D eigenvalue weighted by molar-refractivity contribution is 5.26. The molecule has 0 aromatic carbocycles. The first-order chi connectivity index (χ1) is 6.92. The van der Waals surface area contributed by atoms with Gasteiger partial charge < -0.3 is 0 Å². The van der Waals surface area contributed by atoms with Gasteiger partial charge in [-0.15, -0.1) is 0 Å². The van der Waals surface area contributed by atoms with Gasteiger partial charge >= 0.3 is 0 Å². The number of hydrogen-bond acceptors (Lipinski definition) is 0. The minimum Gasteiger partial charge on any atom is -0.0877 e. The fraction of sp³-hybridized carbons (Fsp3) is 0.867. The van der Waals surface area contributed by atoms with Crippen LogP contribution in [0.15, 0.2) is 12.2 Å². The van der Waals surface area contributed by atoms with Gasteiger partial charge in [-0.25, -0.2) is 0 Å². The van der Waals surface area contributed by atoms with Crippen molar-refractivity contribution in [3.63, 3.8) is 0 Å². The molecule has 4 atom stereocenters. The van der Waals surface area contributed by atoms with E-state index in [2.05, 4.69) is 39.8 Å². The first-order valence-corrected chi connectivity index (χ1v) is 6.60. The lowest BCUT2D eigenvalue weighted by Gasteiger charge is -2.46. The van der Waals surface area contributed by atoms with Gasteiger partial charge in [0.05, 0.1) is 0 Å². The van der Waals surface area contributed by atoms with Crippen molar-refractivity contribution >= 4 is 0 Å². The summed E-state index contributed by atoms with van der Waals surface area (Å²) in [5, 5.41) is 0. The van der Waals surface area contributed by atoms with Gasteiger partial charge in [-0.1, -0.05) is 39.8 Å². The van der Waals surface area contributed by atoms with Crippen molar-refractivity contribution in [2.24, 2.45) is 28.1 Å². The molecule has 0 heterocycles. The molecule has 0 amide bonds. The second-order valence-electron chi connectivity index (χ2n) is 7.23. The molecule has 4 unspecified atom stereocenters. The summed E-state index contributed by atoms with van der Waals surface area (Å²) < 4.78 is 0. The standard InChI is InChI=1S/C15H24/c1-11-6-5-8-14(4)12-7-9-15(11,14)10-13(12,2)3/h5,8,11-12H,6-7,9-10H2,1-4H3. The van der Waals surface area contributed by atoms with Gasteiger partial charge in [-0.3, -0.25) is 0 Å². The van der Waals surface area contributed by atoms with Gasteiger partial charge in [-0.2, -0.15) is 0 Å². The van der Waals surface area contributed by atoms with Crippen molar-refractivity contribution < 1.29 is 0 Å². The summed E-state index contributed by atoms with van der Waals surface area (Å²) in [7, 11) is 0. The fourth-order valence-electron chi connectivity index (χ4n) is 5.71. The molecule has 0 N–H and O–H groups in total. The van der Waals surface area contributed by atoms with E-state index in [1.807, 2.05) is 0 Å². The van der Waals surface area contributed by atoms with Crippen molar-refractivity contribution in [1.82, 2.24) is 0 Å². The molecule has 2 saturated carbocycles. The minimum atomic E-state index is 0.522. The second-order valence-corrected chi connectivity index (χ2v) is 7.23. The lowest BCUT2D eigenvalue weighted by Crippen LogP contribution is -2.39. The summed E-state index contributed by atoms with van der Waals surface area (Å²) in [6, 6.07) is 0. The van der Waals surface area contributed by atoms with Gasteiger partial charge in [0.1, 0.15) is 0 Å². The first kappa shape index (κ1) is 9.93. The summed E-state index contributed by atoms with van der Waals surface area (Å²) in [6.07, 6.45) is 10.8. The summed E-state index contributed by atoms with van der Waals surface area (Å²) in [5.74, 6) is 1.84. The lowest BCUT2D eigenvalue weighted by atomic mass is 9.58. The van der Waals surface area contributed by atoms with Crippen LogP contribution in [0, 0.1) is 28.1 Å². The van der Waals surface area contributed by atoms with Crippen molar-refractivity contribution in [3.8, 4) is 0 Å². The molecule has 0 nitrogen and oxygen atoms in total. The van der Waals surface area contributed by atoms with Crippen LogP contribution in [-0.2, 0) is 0 Å². The van der Waals surface area contributed by atoms with Crippen LogP contribution in [0.4, 0.5) is 0 Å². The first-order valence-electron chi connectivity index (χ1n) is 6.60. The van der Waals surface area contributed by atoms with E-state index in [1.165, 1.54) is 25.7 Å². The fourth-order valence-corrected chi connectivity index (χ4v) is 5.71. The van der Waals surface area contributed by atoms with Gasteiger partial charge in [0.2, 0.25) is 0 Å². The Labute approximate surface area is 94.1 Å². The smallest absolute Gasteiger partial charge is 0.00539 e. The third-order valence-electron chi connectivity index (χ3n) is 6.29. The predicted molar refractivity (Wildman–Crippen MR) is 64.6 cm³/mol. The number of rotatable bonds is 0. The van der Waals surface area contributed by atoms with E-state index in [9.17, 15) is 0 Å². The normalized spacial score (nSPS) is 55.7. The van der Waals surface area contributed by atoms with Crippen LogP contribution in [0.2, 0.25) is 0 Å². The monoisotopic (exact) mass is 204 g/mol. The van der Waals surface area contributed by atoms with Crippen LogP contribution in [0.25, 0.3) is 0 Å². The summed E-state index contributed by atoms with van der Waals surface area (Å²) in [4.78, 5) is 0. The lowest BCUT2D eigenvalue weighted by molar-refractivity contribution is 0.0695. The van der Waals surface area contributed by atoms with Gasteiger partial charge in [-0.05, 0) is 53.8 Å². The van der Waals surface area contributed by atoms with Crippen LogP contribution in [-0.4, -0.2) is 0 Å². The molecule has 84 valence electrons. The molecule has 3 aliphatic rings. The zero-order valence-corrected chi connectivity index (χ0v) is 10.6. The SMILES string of the molecule is CC1CC=CC2(C)C3CCC12CC3(C)C. The minimum absolute atomic E-state index is 0.522. The van der Waals surface area contributed by atoms with E-state index >= 15 is 0 Å². The Morgan fingerprint density at radius 3 is 2.53 bits per heavy atom. The average Bonchev–Trinajstić information content (AvgIpc) is 2.50. The van der Waals surface area contributed by atoms with Gasteiger partial charge in [0.15, 0.2) is 0 Å². The Kier molecular flexibility index (Phi) is 1.67. The topological polar surface area (TPSA) is 0 Å².